The van der Waals surface area contributed by atoms with E-state index in [2.05, 4.69) is 15.7 Å². The van der Waals surface area contributed by atoms with Gasteiger partial charge < -0.3 is 10.7 Å². The number of hydrogen-bond donors (Lipinski definition) is 3. The highest BCUT2D eigenvalue weighted by molar-refractivity contribution is 5.60. The van der Waals surface area contributed by atoms with Gasteiger partial charge in [-0.25, -0.2) is 10.8 Å². The van der Waals surface area contributed by atoms with Crippen LogP contribution in [0.5, 0.6) is 0 Å². The van der Waals surface area contributed by atoms with Crippen molar-refractivity contribution in [1.82, 2.24) is 4.98 Å². The zero-order valence-electron chi connectivity index (χ0n) is 11.6. The Kier molecular flexibility index (Phi) is 4.68. The molecule has 0 spiro atoms. The smallest absolute Gasteiger partial charge is 0.311 e. The Morgan fingerprint density at radius 3 is 2.57 bits per heavy atom. The molecule has 1 aromatic carbocycles. The summed E-state index contributed by atoms with van der Waals surface area (Å²) in [6.45, 7) is 2.00. The van der Waals surface area contributed by atoms with E-state index in [0.717, 1.165) is 12.0 Å². The van der Waals surface area contributed by atoms with Crippen LogP contribution in [-0.4, -0.2) is 9.91 Å². The molecule has 0 saturated heterocycles. The third-order valence-corrected chi connectivity index (χ3v) is 3.14. The molecule has 1 atom stereocenters. The minimum atomic E-state index is -0.465. The van der Waals surface area contributed by atoms with Gasteiger partial charge in [-0.15, -0.1) is 0 Å². The fraction of sp³-hybridized carbons (Fsp3) is 0.214. The van der Waals surface area contributed by atoms with Crippen LogP contribution in [0.25, 0.3) is 0 Å². The number of benzene rings is 1. The van der Waals surface area contributed by atoms with E-state index in [0.29, 0.717) is 5.82 Å². The number of pyridine rings is 1. The average Bonchev–Trinajstić information content (AvgIpc) is 2.53. The second kappa shape index (κ2) is 6.67. The number of nitrogen functional groups attached to an aromatic ring is 1. The van der Waals surface area contributed by atoms with Gasteiger partial charge in [-0.3, -0.25) is 10.1 Å². The second-order valence-corrected chi connectivity index (χ2v) is 4.48. The summed E-state index contributed by atoms with van der Waals surface area (Å²) >= 11 is 0. The SMILES string of the molecule is CCC(Nc1nc(NN)ccc1[N+](=O)[O-])c1ccccc1. The molecular formula is C14H17N5O2. The molecule has 1 unspecified atom stereocenters. The molecule has 0 radical (unpaired) electrons. The Morgan fingerprint density at radius 1 is 1.29 bits per heavy atom. The lowest BCUT2D eigenvalue weighted by atomic mass is 10.0. The molecule has 0 amide bonds. The van der Waals surface area contributed by atoms with Crippen LogP contribution in [0.15, 0.2) is 42.5 Å². The molecule has 0 saturated carbocycles. The number of rotatable bonds is 6. The molecule has 0 fully saturated rings. The fourth-order valence-corrected chi connectivity index (χ4v) is 2.06. The van der Waals surface area contributed by atoms with Crippen LogP contribution >= 0.6 is 0 Å². The van der Waals surface area contributed by atoms with E-state index in [1.54, 1.807) is 0 Å². The van der Waals surface area contributed by atoms with Gasteiger partial charge in [0.05, 0.1) is 11.0 Å². The lowest BCUT2D eigenvalue weighted by molar-refractivity contribution is -0.384. The summed E-state index contributed by atoms with van der Waals surface area (Å²) in [5.41, 5.74) is 3.35. The van der Waals surface area contributed by atoms with Crippen LogP contribution < -0.4 is 16.6 Å². The molecule has 0 aliphatic rings. The van der Waals surface area contributed by atoms with Gasteiger partial charge in [0.25, 0.3) is 0 Å². The van der Waals surface area contributed by atoms with E-state index in [9.17, 15) is 10.1 Å². The van der Waals surface area contributed by atoms with E-state index in [1.807, 2.05) is 37.3 Å². The summed E-state index contributed by atoms with van der Waals surface area (Å²) in [4.78, 5) is 14.8. The molecule has 0 aliphatic heterocycles. The molecule has 1 heterocycles. The number of hydrazine groups is 1. The standard InChI is InChI=1S/C14H17N5O2/c1-2-11(10-6-4-3-5-7-10)16-14-12(19(20)21)8-9-13(17-14)18-15/h3-9,11H,2,15H2,1H3,(H2,16,17,18). The quantitative estimate of drug-likeness (QED) is 0.428. The van der Waals surface area contributed by atoms with Gasteiger partial charge in [0.1, 0.15) is 5.82 Å². The van der Waals surface area contributed by atoms with Gasteiger partial charge in [-0.2, -0.15) is 0 Å². The number of nitrogens with two attached hydrogens (primary N) is 1. The third kappa shape index (κ3) is 3.46. The number of aromatic nitrogens is 1. The Morgan fingerprint density at radius 2 is 2.00 bits per heavy atom. The number of nitrogens with one attached hydrogen (secondary N) is 2. The minimum Gasteiger partial charge on any atom is -0.357 e. The van der Waals surface area contributed by atoms with Crippen LogP contribution in [-0.2, 0) is 0 Å². The van der Waals surface area contributed by atoms with E-state index in [-0.39, 0.29) is 17.5 Å². The van der Waals surface area contributed by atoms with Crippen molar-refractivity contribution >= 4 is 17.3 Å². The van der Waals surface area contributed by atoms with Crippen LogP contribution in [0, 0.1) is 10.1 Å². The molecule has 7 nitrogen and oxygen atoms in total. The number of nitro groups is 1. The maximum atomic E-state index is 11.1. The molecular weight excluding hydrogens is 270 g/mol. The molecule has 2 aromatic rings. The van der Waals surface area contributed by atoms with Crippen molar-refractivity contribution in [2.24, 2.45) is 5.84 Å². The minimum absolute atomic E-state index is 0.0644. The number of hydrogen-bond acceptors (Lipinski definition) is 6. The molecule has 110 valence electrons. The van der Waals surface area contributed by atoms with Crippen molar-refractivity contribution in [3.8, 4) is 0 Å². The summed E-state index contributed by atoms with van der Waals surface area (Å²) in [7, 11) is 0. The molecule has 21 heavy (non-hydrogen) atoms. The van der Waals surface area contributed by atoms with Gasteiger partial charge in [-0.1, -0.05) is 37.3 Å². The summed E-state index contributed by atoms with van der Waals surface area (Å²) in [5.74, 6) is 5.88. The van der Waals surface area contributed by atoms with Crippen LogP contribution in [0.4, 0.5) is 17.3 Å². The monoisotopic (exact) mass is 287 g/mol. The zero-order chi connectivity index (χ0) is 15.2. The first-order valence-corrected chi connectivity index (χ1v) is 6.59. The van der Waals surface area contributed by atoms with Crippen molar-refractivity contribution in [1.29, 1.82) is 0 Å². The highest BCUT2D eigenvalue weighted by Gasteiger charge is 2.19. The molecule has 4 N–H and O–H groups in total. The van der Waals surface area contributed by atoms with Gasteiger partial charge in [0.15, 0.2) is 0 Å². The largest absolute Gasteiger partial charge is 0.357 e. The van der Waals surface area contributed by atoms with Crippen molar-refractivity contribution in [2.75, 3.05) is 10.7 Å². The lowest BCUT2D eigenvalue weighted by Crippen LogP contribution is -2.14. The first-order chi connectivity index (χ1) is 10.2. The predicted octanol–water partition coefficient (Wildman–Crippen LogP) is 2.84. The van der Waals surface area contributed by atoms with E-state index >= 15 is 0 Å². The zero-order valence-corrected chi connectivity index (χ0v) is 11.6. The Hall–Kier alpha value is -2.67. The molecule has 2 rings (SSSR count). The summed E-state index contributed by atoms with van der Waals surface area (Å²) in [6, 6.07) is 12.5. The summed E-state index contributed by atoms with van der Waals surface area (Å²) in [6.07, 6.45) is 0.767. The van der Waals surface area contributed by atoms with Crippen molar-refractivity contribution in [3.05, 3.63) is 58.1 Å². The van der Waals surface area contributed by atoms with E-state index < -0.39 is 4.92 Å². The maximum absolute atomic E-state index is 11.1. The Labute approximate surface area is 122 Å². The predicted molar refractivity (Wildman–Crippen MR) is 81.8 cm³/mol. The van der Waals surface area contributed by atoms with Crippen molar-refractivity contribution < 1.29 is 4.92 Å². The topological polar surface area (TPSA) is 106 Å². The van der Waals surface area contributed by atoms with Gasteiger partial charge in [-0.05, 0) is 18.1 Å². The maximum Gasteiger partial charge on any atom is 0.311 e. The van der Waals surface area contributed by atoms with Gasteiger partial charge >= 0.3 is 5.69 Å². The van der Waals surface area contributed by atoms with Crippen LogP contribution in [0.1, 0.15) is 24.9 Å². The first kappa shape index (κ1) is 14.7. The average molecular weight is 287 g/mol. The molecule has 1 aromatic heterocycles. The van der Waals surface area contributed by atoms with Crippen molar-refractivity contribution in [2.45, 2.75) is 19.4 Å². The van der Waals surface area contributed by atoms with Gasteiger partial charge in [0, 0.05) is 6.07 Å². The molecule has 0 aliphatic carbocycles. The van der Waals surface area contributed by atoms with Crippen molar-refractivity contribution in [3.63, 3.8) is 0 Å². The van der Waals surface area contributed by atoms with E-state index in [1.165, 1.54) is 12.1 Å². The highest BCUT2D eigenvalue weighted by Crippen LogP contribution is 2.29. The third-order valence-electron chi connectivity index (χ3n) is 3.14. The first-order valence-electron chi connectivity index (χ1n) is 6.59. The van der Waals surface area contributed by atoms with Crippen LogP contribution in [0.3, 0.4) is 0 Å². The summed E-state index contributed by atoms with van der Waals surface area (Å²) < 4.78 is 0. The van der Waals surface area contributed by atoms with Gasteiger partial charge in [0.2, 0.25) is 5.82 Å². The second-order valence-electron chi connectivity index (χ2n) is 4.48. The summed E-state index contributed by atoms with van der Waals surface area (Å²) in [5, 5.41) is 14.2. The number of nitrogens with zero attached hydrogens (tertiary/aromatic N) is 2. The number of anilines is 2. The molecule has 7 heteroatoms. The highest BCUT2D eigenvalue weighted by atomic mass is 16.6. The molecule has 0 bridgehead atoms. The Bertz CT molecular complexity index is 618. The lowest BCUT2D eigenvalue weighted by Gasteiger charge is -2.18. The Balaban J connectivity index is 2.34. The normalized spacial score (nSPS) is 11.7. The van der Waals surface area contributed by atoms with Crippen LogP contribution in [0.2, 0.25) is 0 Å². The fourth-order valence-electron chi connectivity index (χ4n) is 2.06. The van der Waals surface area contributed by atoms with E-state index in [4.69, 9.17) is 5.84 Å².